The van der Waals surface area contributed by atoms with Crippen LogP contribution in [0.1, 0.15) is 13.3 Å². The fourth-order valence-corrected chi connectivity index (χ4v) is 5.47. The molecule has 3 atom stereocenters. The second-order valence-electron chi connectivity index (χ2n) is 5.62. The van der Waals surface area contributed by atoms with Gasteiger partial charge in [0.15, 0.2) is 28.3 Å². The lowest BCUT2D eigenvalue weighted by molar-refractivity contribution is -0.732. The number of aliphatic carboxylic acids is 1. The maximum absolute atomic E-state index is 12.6. The van der Waals surface area contributed by atoms with Gasteiger partial charge < -0.3 is 34.0 Å². The van der Waals surface area contributed by atoms with Crippen LogP contribution in [0.15, 0.2) is 12.4 Å². The van der Waals surface area contributed by atoms with Crippen molar-refractivity contribution < 1.29 is 51.8 Å². The maximum atomic E-state index is 12.6. The van der Waals surface area contributed by atoms with Crippen molar-refractivity contribution in [2.24, 2.45) is 7.05 Å². The first kappa shape index (κ1) is 17.1. The summed E-state index contributed by atoms with van der Waals surface area (Å²) in [6.45, 7) is 1.25. The summed E-state index contributed by atoms with van der Waals surface area (Å²) < 4.78 is 26.5. The predicted octanol–water partition coefficient (Wildman–Crippen LogP) is -5.09. The van der Waals surface area contributed by atoms with Crippen LogP contribution < -0.4 is 28.7 Å². The molecule has 3 heterocycles. The molecule has 1 aromatic heterocycles. The monoisotopic (exact) mass is 442 g/mol. The van der Waals surface area contributed by atoms with Gasteiger partial charge in [0.05, 0.1) is 11.6 Å². The molecule has 0 unspecified atom stereocenters. The summed E-state index contributed by atoms with van der Waals surface area (Å²) in [4.78, 5) is 24.1. The van der Waals surface area contributed by atoms with E-state index in [2.05, 4.69) is 5.21 Å². The van der Waals surface area contributed by atoms with Crippen molar-refractivity contribution in [2.75, 3.05) is 0 Å². The van der Waals surface area contributed by atoms with Crippen LogP contribution in [0, 0.1) is 0 Å². The Morgan fingerprint density at radius 1 is 1.59 bits per heavy atom. The third kappa shape index (κ3) is 2.05. The molecule has 2 aliphatic rings. The van der Waals surface area contributed by atoms with E-state index in [9.17, 15) is 23.1 Å². The molecule has 2 aliphatic heterocycles. The number of hydrogen-bond donors (Lipinski definition) is 1. The maximum Gasteiger partial charge on any atom is 0.328 e. The minimum atomic E-state index is -3.79. The van der Waals surface area contributed by atoms with Gasteiger partial charge in [0.2, 0.25) is 5.91 Å². The Kier molecular flexibility index (Phi) is 4.00. The molecule has 22 heavy (non-hydrogen) atoms. The SMILES string of the molecule is C[n+]1ccn(C[C@@]2(C)[C@H](C(=O)O)N3C(=O)C[C@H]3S2(=O)=O)n1.[I-]. The lowest BCUT2D eigenvalue weighted by Gasteiger charge is -2.35. The van der Waals surface area contributed by atoms with E-state index in [0.717, 1.165) is 4.90 Å². The molecule has 0 spiro atoms. The van der Waals surface area contributed by atoms with Gasteiger partial charge in [0, 0.05) is 0 Å². The molecule has 9 nitrogen and oxygen atoms in total. The molecule has 0 bridgehead atoms. The van der Waals surface area contributed by atoms with Gasteiger partial charge in [-0.3, -0.25) is 4.79 Å². The van der Waals surface area contributed by atoms with E-state index in [1.165, 1.54) is 16.3 Å². The zero-order valence-electron chi connectivity index (χ0n) is 11.9. The van der Waals surface area contributed by atoms with Crippen LogP contribution in [0.2, 0.25) is 0 Å². The lowest BCUT2D eigenvalue weighted by Crippen LogP contribution is -3.00. The number of amides is 1. The predicted molar refractivity (Wildman–Crippen MR) is 67.4 cm³/mol. The average molecular weight is 442 g/mol. The molecule has 1 aromatic rings. The van der Waals surface area contributed by atoms with Crippen LogP contribution in [-0.4, -0.2) is 56.4 Å². The van der Waals surface area contributed by atoms with Crippen molar-refractivity contribution in [3.63, 3.8) is 0 Å². The molecule has 2 fully saturated rings. The van der Waals surface area contributed by atoms with Crippen molar-refractivity contribution in [1.29, 1.82) is 0 Å². The number of aryl methyl sites for hydroxylation is 1. The number of rotatable bonds is 3. The van der Waals surface area contributed by atoms with E-state index in [1.54, 1.807) is 19.4 Å². The third-order valence-corrected chi connectivity index (χ3v) is 7.00. The van der Waals surface area contributed by atoms with E-state index < -0.39 is 37.9 Å². The molecule has 0 radical (unpaired) electrons. The smallest absolute Gasteiger partial charge is 0.328 e. The molecule has 2 saturated heterocycles. The number of carbonyl (C=O) groups is 2. The normalized spacial score (nSPS) is 32.1. The van der Waals surface area contributed by atoms with E-state index >= 15 is 0 Å². The summed E-state index contributed by atoms with van der Waals surface area (Å²) >= 11 is 0. The molecule has 0 saturated carbocycles. The lowest BCUT2D eigenvalue weighted by atomic mass is 9.96. The molecule has 122 valence electrons. The summed E-state index contributed by atoms with van der Waals surface area (Å²) in [7, 11) is -2.12. The van der Waals surface area contributed by atoms with Crippen molar-refractivity contribution in [2.45, 2.75) is 36.1 Å². The Balaban J connectivity index is 0.00000176. The number of carboxylic acids is 1. The van der Waals surface area contributed by atoms with Crippen molar-refractivity contribution in [3.8, 4) is 0 Å². The second kappa shape index (κ2) is 5.15. The standard InChI is InChI=1S/C11H14N4O5S.HI/c1-11(6-14-4-3-13(2)12-14)9(10(17)18)15-7(16)5-8(15)21(11,19)20;/h3-4,8-9H,5-6H2,1-2H3;1H/t8-,9+,11+;/m1./s1. The summed E-state index contributed by atoms with van der Waals surface area (Å²) in [6.07, 6.45) is 3.05. The Morgan fingerprint density at radius 3 is 2.68 bits per heavy atom. The molecule has 11 heteroatoms. The first-order valence-corrected chi connectivity index (χ1v) is 7.90. The Bertz CT molecular complexity index is 747. The number of hydrogen-bond acceptors (Lipinski definition) is 5. The minimum Gasteiger partial charge on any atom is -1.00 e. The summed E-state index contributed by atoms with van der Waals surface area (Å²) in [6, 6.07) is -1.39. The van der Waals surface area contributed by atoms with E-state index in [0.29, 0.717) is 0 Å². The van der Waals surface area contributed by atoms with Crippen LogP contribution in [0.4, 0.5) is 0 Å². The van der Waals surface area contributed by atoms with Crippen molar-refractivity contribution >= 4 is 21.7 Å². The van der Waals surface area contributed by atoms with Crippen LogP contribution in [0.3, 0.4) is 0 Å². The van der Waals surface area contributed by atoms with Crippen LogP contribution in [-0.2, 0) is 33.0 Å². The highest BCUT2D eigenvalue weighted by Crippen LogP contribution is 2.46. The Labute approximate surface area is 143 Å². The first-order chi connectivity index (χ1) is 9.68. The molecule has 0 aromatic carbocycles. The van der Waals surface area contributed by atoms with Gasteiger partial charge in [0.25, 0.3) is 0 Å². The van der Waals surface area contributed by atoms with Crippen molar-refractivity contribution in [1.82, 2.24) is 14.8 Å². The number of β-lactam (4-membered cyclic amide) rings is 1. The van der Waals surface area contributed by atoms with Crippen LogP contribution in [0.25, 0.3) is 0 Å². The van der Waals surface area contributed by atoms with E-state index in [1.807, 2.05) is 0 Å². The number of sulfone groups is 1. The number of carboxylic acid groups (broad SMARTS) is 1. The summed E-state index contributed by atoms with van der Waals surface area (Å²) in [5.41, 5.74) is 0. The summed E-state index contributed by atoms with van der Waals surface area (Å²) in [5, 5.41) is 12.4. The fraction of sp³-hybridized carbons (Fsp3) is 0.636. The summed E-state index contributed by atoms with van der Waals surface area (Å²) in [5.74, 6) is -1.75. The Hall–Kier alpha value is -1.24. The number of carbonyl (C=O) groups excluding carboxylic acids is 1. The average Bonchev–Trinajstić information content (AvgIpc) is 2.81. The van der Waals surface area contributed by atoms with Gasteiger partial charge in [-0.25, -0.2) is 13.2 Å². The van der Waals surface area contributed by atoms with Crippen LogP contribution >= 0.6 is 0 Å². The largest absolute Gasteiger partial charge is 1.00 e. The molecular weight excluding hydrogens is 427 g/mol. The van der Waals surface area contributed by atoms with E-state index in [-0.39, 0.29) is 36.9 Å². The Morgan fingerprint density at radius 2 is 2.23 bits per heavy atom. The highest BCUT2D eigenvalue weighted by Gasteiger charge is 2.70. The second-order valence-corrected chi connectivity index (χ2v) is 8.18. The molecular formula is C11H15IN4O5S. The number of aromatic nitrogens is 3. The first-order valence-electron chi connectivity index (χ1n) is 6.35. The van der Waals surface area contributed by atoms with Gasteiger partial charge in [-0.15, -0.1) is 9.36 Å². The highest BCUT2D eigenvalue weighted by molar-refractivity contribution is 7.93. The molecule has 1 amide bonds. The number of fused-ring (bicyclic) bond motifs is 1. The molecule has 3 rings (SSSR count). The minimum absolute atomic E-state index is 0. The quantitative estimate of drug-likeness (QED) is 0.285. The third-order valence-electron chi connectivity index (χ3n) is 4.23. The highest BCUT2D eigenvalue weighted by atomic mass is 127. The van der Waals surface area contributed by atoms with E-state index in [4.69, 9.17) is 0 Å². The molecule has 0 aliphatic carbocycles. The zero-order valence-corrected chi connectivity index (χ0v) is 14.9. The number of nitrogens with zero attached hydrogens (tertiary/aromatic N) is 4. The van der Waals surface area contributed by atoms with Gasteiger partial charge in [0.1, 0.15) is 23.7 Å². The van der Waals surface area contributed by atoms with Gasteiger partial charge in [-0.1, -0.05) is 0 Å². The van der Waals surface area contributed by atoms with Crippen LogP contribution in [0.5, 0.6) is 0 Å². The van der Waals surface area contributed by atoms with Gasteiger partial charge in [-0.2, -0.15) is 0 Å². The van der Waals surface area contributed by atoms with Gasteiger partial charge in [-0.05, 0) is 6.92 Å². The topological polar surface area (TPSA) is 113 Å². The van der Waals surface area contributed by atoms with Gasteiger partial charge >= 0.3 is 5.97 Å². The zero-order chi connectivity index (χ0) is 15.6. The number of halogens is 1. The molecule has 1 N–H and O–H groups in total. The van der Waals surface area contributed by atoms with Crippen molar-refractivity contribution in [3.05, 3.63) is 12.4 Å². The fourth-order valence-electron chi connectivity index (χ4n) is 3.11.